The lowest BCUT2D eigenvalue weighted by molar-refractivity contribution is 0.177. The molecule has 0 heterocycles. The third-order valence-electron chi connectivity index (χ3n) is 5.87. The van der Waals surface area contributed by atoms with E-state index in [1.807, 2.05) is 0 Å². The highest BCUT2D eigenvalue weighted by Crippen LogP contribution is 2.45. The lowest BCUT2D eigenvalue weighted by atomic mass is 9.77. The van der Waals surface area contributed by atoms with Crippen molar-refractivity contribution in [2.75, 3.05) is 0 Å². The van der Waals surface area contributed by atoms with Crippen LogP contribution in [0.25, 0.3) is 0 Å². The van der Waals surface area contributed by atoms with Crippen molar-refractivity contribution in [3.05, 3.63) is 0 Å². The third-order valence-corrected chi connectivity index (χ3v) is 5.87. The van der Waals surface area contributed by atoms with Crippen LogP contribution in [0.15, 0.2) is 0 Å². The molecule has 2 bridgehead atoms. The molecule has 92 valence electrons. The van der Waals surface area contributed by atoms with Crippen LogP contribution in [-0.2, 0) is 0 Å². The van der Waals surface area contributed by atoms with Crippen molar-refractivity contribution in [1.29, 1.82) is 0 Å². The molecule has 3 fully saturated rings. The van der Waals surface area contributed by atoms with Gasteiger partial charge in [0.05, 0.1) is 0 Å². The SMILES string of the molecule is CC1CCCC(NC2CC3CCC2C3)C1C. The van der Waals surface area contributed by atoms with Gasteiger partial charge in [-0.3, -0.25) is 0 Å². The zero-order valence-electron chi connectivity index (χ0n) is 10.9. The summed E-state index contributed by atoms with van der Waals surface area (Å²) in [5.41, 5.74) is 0. The van der Waals surface area contributed by atoms with Crippen molar-refractivity contribution in [2.24, 2.45) is 23.7 Å². The fraction of sp³-hybridized carbons (Fsp3) is 1.00. The number of nitrogens with one attached hydrogen (secondary N) is 1. The average molecular weight is 221 g/mol. The first-order chi connectivity index (χ1) is 7.74. The van der Waals surface area contributed by atoms with E-state index in [4.69, 9.17) is 0 Å². The summed E-state index contributed by atoms with van der Waals surface area (Å²) in [7, 11) is 0. The van der Waals surface area contributed by atoms with Crippen molar-refractivity contribution < 1.29 is 0 Å². The summed E-state index contributed by atoms with van der Waals surface area (Å²) >= 11 is 0. The number of rotatable bonds is 2. The molecule has 0 aromatic carbocycles. The smallest absolute Gasteiger partial charge is 0.0101 e. The third kappa shape index (κ3) is 1.92. The van der Waals surface area contributed by atoms with Crippen molar-refractivity contribution >= 4 is 0 Å². The predicted octanol–water partition coefficient (Wildman–Crippen LogP) is 3.59. The number of hydrogen-bond acceptors (Lipinski definition) is 1. The summed E-state index contributed by atoms with van der Waals surface area (Å²) < 4.78 is 0. The van der Waals surface area contributed by atoms with E-state index in [-0.39, 0.29) is 0 Å². The first-order valence-corrected chi connectivity index (χ1v) is 7.50. The van der Waals surface area contributed by atoms with Gasteiger partial charge >= 0.3 is 0 Å². The summed E-state index contributed by atoms with van der Waals surface area (Å²) in [6.07, 6.45) is 10.4. The summed E-state index contributed by atoms with van der Waals surface area (Å²) in [6.45, 7) is 4.91. The molecule has 6 unspecified atom stereocenters. The minimum atomic E-state index is 0.827. The quantitative estimate of drug-likeness (QED) is 0.751. The predicted molar refractivity (Wildman–Crippen MR) is 68.3 cm³/mol. The normalized spacial score (nSPS) is 52.1. The lowest BCUT2D eigenvalue weighted by Gasteiger charge is -2.38. The Bertz CT molecular complexity index is 250. The van der Waals surface area contributed by atoms with Gasteiger partial charge < -0.3 is 5.32 Å². The summed E-state index contributed by atoms with van der Waals surface area (Å²) in [5.74, 6) is 3.95. The highest BCUT2D eigenvalue weighted by atomic mass is 15.0. The first kappa shape index (κ1) is 11.1. The Hall–Kier alpha value is -0.0400. The van der Waals surface area contributed by atoms with Crippen molar-refractivity contribution in [3.63, 3.8) is 0 Å². The molecule has 3 saturated carbocycles. The maximum Gasteiger partial charge on any atom is 0.0101 e. The van der Waals surface area contributed by atoms with Crippen LogP contribution in [0.4, 0.5) is 0 Å². The number of fused-ring (bicyclic) bond motifs is 2. The second-order valence-electron chi connectivity index (χ2n) is 6.82. The van der Waals surface area contributed by atoms with E-state index >= 15 is 0 Å². The van der Waals surface area contributed by atoms with Gasteiger partial charge in [-0.25, -0.2) is 0 Å². The molecule has 0 saturated heterocycles. The zero-order chi connectivity index (χ0) is 11.1. The second kappa shape index (κ2) is 4.33. The molecule has 3 rings (SSSR count). The molecule has 16 heavy (non-hydrogen) atoms. The number of hydrogen-bond donors (Lipinski definition) is 1. The first-order valence-electron chi connectivity index (χ1n) is 7.50. The Labute approximate surface area is 100 Å². The Balaban J connectivity index is 1.58. The van der Waals surface area contributed by atoms with Crippen LogP contribution < -0.4 is 5.32 Å². The van der Waals surface area contributed by atoms with Crippen LogP contribution in [0.3, 0.4) is 0 Å². The minimum Gasteiger partial charge on any atom is -0.311 e. The van der Waals surface area contributed by atoms with Gasteiger partial charge in [0.1, 0.15) is 0 Å². The monoisotopic (exact) mass is 221 g/mol. The van der Waals surface area contributed by atoms with Crippen LogP contribution >= 0.6 is 0 Å². The van der Waals surface area contributed by atoms with Crippen LogP contribution in [0.2, 0.25) is 0 Å². The zero-order valence-corrected chi connectivity index (χ0v) is 10.9. The van der Waals surface area contributed by atoms with E-state index in [1.54, 1.807) is 0 Å². The molecule has 3 aliphatic rings. The van der Waals surface area contributed by atoms with Crippen molar-refractivity contribution in [3.8, 4) is 0 Å². The molecule has 1 N–H and O–H groups in total. The Kier molecular flexibility index (Phi) is 2.99. The largest absolute Gasteiger partial charge is 0.311 e. The Morgan fingerprint density at radius 1 is 0.875 bits per heavy atom. The van der Waals surface area contributed by atoms with Gasteiger partial charge in [0.15, 0.2) is 0 Å². The average Bonchev–Trinajstić information content (AvgIpc) is 2.86. The van der Waals surface area contributed by atoms with Crippen molar-refractivity contribution in [1.82, 2.24) is 5.32 Å². The van der Waals surface area contributed by atoms with Gasteiger partial charge in [-0.1, -0.05) is 33.1 Å². The van der Waals surface area contributed by atoms with E-state index in [1.165, 1.54) is 44.9 Å². The van der Waals surface area contributed by atoms with E-state index in [9.17, 15) is 0 Å². The molecule has 0 spiro atoms. The summed E-state index contributed by atoms with van der Waals surface area (Å²) in [6, 6.07) is 1.71. The molecular formula is C15H27N. The fourth-order valence-corrected chi connectivity index (χ4v) is 4.54. The minimum absolute atomic E-state index is 0.827. The highest BCUT2D eigenvalue weighted by molar-refractivity contribution is 4.96. The molecule has 0 radical (unpaired) electrons. The summed E-state index contributed by atoms with van der Waals surface area (Å²) in [5, 5.41) is 4.03. The van der Waals surface area contributed by atoms with Gasteiger partial charge in [-0.05, 0) is 49.4 Å². The highest BCUT2D eigenvalue weighted by Gasteiger charge is 2.41. The van der Waals surface area contributed by atoms with Gasteiger partial charge in [0.2, 0.25) is 0 Å². The lowest BCUT2D eigenvalue weighted by Crippen LogP contribution is -2.47. The topological polar surface area (TPSA) is 12.0 Å². The molecule has 0 amide bonds. The molecule has 0 aliphatic heterocycles. The van der Waals surface area contributed by atoms with E-state index in [0.29, 0.717) is 0 Å². The van der Waals surface area contributed by atoms with E-state index in [2.05, 4.69) is 19.2 Å². The van der Waals surface area contributed by atoms with Crippen LogP contribution in [0.1, 0.15) is 58.8 Å². The maximum absolute atomic E-state index is 4.03. The Morgan fingerprint density at radius 3 is 2.44 bits per heavy atom. The fourth-order valence-electron chi connectivity index (χ4n) is 4.54. The maximum atomic E-state index is 4.03. The van der Waals surface area contributed by atoms with Gasteiger partial charge in [0.25, 0.3) is 0 Å². The van der Waals surface area contributed by atoms with Crippen LogP contribution in [0.5, 0.6) is 0 Å². The molecule has 3 aliphatic carbocycles. The molecule has 0 aromatic rings. The van der Waals surface area contributed by atoms with Crippen molar-refractivity contribution in [2.45, 2.75) is 70.9 Å². The molecule has 6 atom stereocenters. The van der Waals surface area contributed by atoms with Crippen LogP contribution in [-0.4, -0.2) is 12.1 Å². The van der Waals surface area contributed by atoms with Gasteiger partial charge in [-0.15, -0.1) is 0 Å². The molecule has 1 heteroatoms. The molecule has 0 aromatic heterocycles. The second-order valence-corrected chi connectivity index (χ2v) is 6.82. The molecular weight excluding hydrogens is 194 g/mol. The molecule has 1 nitrogen and oxygen atoms in total. The van der Waals surface area contributed by atoms with Crippen LogP contribution in [0, 0.1) is 23.7 Å². The van der Waals surface area contributed by atoms with Gasteiger partial charge in [0, 0.05) is 12.1 Å². The Morgan fingerprint density at radius 2 is 1.75 bits per heavy atom. The van der Waals surface area contributed by atoms with Gasteiger partial charge in [-0.2, -0.15) is 0 Å². The van der Waals surface area contributed by atoms with E-state index < -0.39 is 0 Å². The summed E-state index contributed by atoms with van der Waals surface area (Å²) in [4.78, 5) is 0. The van der Waals surface area contributed by atoms with E-state index in [0.717, 1.165) is 35.8 Å². The standard InChI is InChI=1S/C15H27N/c1-10-4-3-5-14(11(10)2)16-15-9-12-6-7-13(15)8-12/h10-16H,3-9H2,1-2H3.